The number of halogens is 3. The Balaban J connectivity index is 1.51. The standard InChI is InChI=1S/C18H15F3N4O3/c19-18(20,21)10-28-16-6-5-11(8-23-16)17(27)25-24-15(26)7-12-9-22-14-4-2-1-3-13(12)14/h1-6,8-9,22H,7,10H2,(H,24,26)(H,25,27). The Kier molecular flexibility index (Phi) is 5.48. The van der Waals surface area contributed by atoms with E-state index >= 15 is 0 Å². The molecule has 10 heteroatoms. The number of alkyl halides is 3. The van der Waals surface area contributed by atoms with Gasteiger partial charge in [0.1, 0.15) is 0 Å². The van der Waals surface area contributed by atoms with Crippen LogP contribution >= 0.6 is 0 Å². The van der Waals surface area contributed by atoms with E-state index in [1.807, 2.05) is 24.3 Å². The second kappa shape index (κ2) is 7.99. The van der Waals surface area contributed by atoms with E-state index in [1.165, 1.54) is 6.07 Å². The van der Waals surface area contributed by atoms with Crippen molar-refractivity contribution < 1.29 is 27.5 Å². The molecular formula is C18H15F3N4O3. The summed E-state index contributed by atoms with van der Waals surface area (Å²) in [5.41, 5.74) is 6.23. The summed E-state index contributed by atoms with van der Waals surface area (Å²) in [6.45, 7) is -1.48. The molecule has 3 aromatic rings. The molecule has 0 saturated carbocycles. The van der Waals surface area contributed by atoms with Crippen molar-refractivity contribution >= 4 is 22.7 Å². The zero-order valence-electron chi connectivity index (χ0n) is 14.3. The van der Waals surface area contributed by atoms with E-state index < -0.39 is 24.6 Å². The number of fused-ring (bicyclic) bond motifs is 1. The van der Waals surface area contributed by atoms with Gasteiger partial charge in [0.25, 0.3) is 5.91 Å². The van der Waals surface area contributed by atoms with Crippen LogP contribution in [0.1, 0.15) is 15.9 Å². The van der Waals surface area contributed by atoms with Crippen LogP contribution in [0.5, 0.6) is 5.88 Å². The van der Waals surface area contributed by atoms with Crippen LogP contribution in [0.15, 0.2) is 48.8 Å². The van der Waals surface area contributed by atoms with Crippen LogP contribution in [-0.2, 0) is 11.2 Å². The van der Waals surface area contributed by atoms with Crippen molar-refractivity contribution in [1.29, 1.82) is 0 Å². The highest BCUT2D eigenvalue weighted by atomic mass is 19.4. The van der Waals surface area contributed by atoms with Crippen LogP contribution in [0, 0.1) is 0 Å². The molecule has 1 aromatic carbocycles. The summed E-state index contributed by atoms with van der Waals surface area (Å²) in [5, 5.41) is 0.905. The zero-order chi connectivity index (χ0) is 20.1. The number of carbonyl (C=O) groups excluding carboxylic acids is 2. The highest BCUT2D eigenvalue weighted by Crippen LogP contribution is 2.18. The number of hydrazine groups is 1. The van der Waals surface area contributed by atoms with Gasteiger partial charge in [0.05, 0.1) is 12.0 Å². The number of benzene rings is 1. The van der Waals surface area contributed by atoms with Gasteiger partial charge in [-0.3, -0.25) is 20.4 Å². The van der Waals surface area contributed by atoms with Crippen LogP contribution in [0.4, 0.5) is 13.2 Å². The Bertz CT molecular complexity index is 984. The Morgan fingerprint density at radius 3 is 2.61 bits per heavy atom. The monoisotopic (exact) mass is 392 g/mol. The highest BCUT2D eigenvalue weighted by Gasteiger charge is 2.28. The quantitative estimate of drug-likeness (QED) is 0.582. The van der Waals surface area contributed by atoms with Crippen molar-refractivity contribution in [1.82, 2.24) is 20.8 Å². The second-order valence-corrected chi connectivity index (χ2v) is 5.83. The average Bonchev–Trinajstić information content (AvgIpc) is 3.07. The van der Waals surface area contributed by atoms with Gasteiger partial charge < -0.3 is 9.72 Å². The van der Waals surface area contributed by atoms with Crippen LogP contribution in [0.25, 0.3) is 10.9 Å². The fourth-order valence-corrected chi connectivity index (χ4v) is 2.45. The maximum atomic E-state index is 12.1. The molecule has 146 valence electrons. The molecule has 0 bridgehead atoms. The van der Waals surface area contributed by atoms with E-state index in [4.69, 9.17) is 0 Å². The Morgan fingerprint density at radius 1 is 1.11 bits per heavy atom. The summed E-state index contributed by atoms with van der Waals surface area (Å²) >= 11 is 0. The van der Waals surface area contributed by atoms with Gasteiger partial charge in [0.2, 0.25) is 11.8 Å². The Morgan fingerprint density at radius 2 is 1.89 bits per heavy atom. The fraction of sp³-hybridized carbons (Fsp3) is 0.167. The van der Waals surface area contributed by atoms with Crippen LogP contribution in [0.3, 0.4) is 0 Å². The first-order chi connectivity index (χ1) is 13.3. The third-order valence-electron chi connectivity index (χ3n) is 3.72. The van der Waals surface area contributed by atoms with Gasteiger partial charge in [0.15, 0.2) is 6.61 Å². The minimum atomic E-state index is -4.48. The molecule has 2 amide bonds. The molecule has 0 aliphatic carbocycles. The molecule has 7 nitrogen and oxygen atoms in total. The number of H-pyrrole nitrogens is 1. The first kappa shape index (κ1) is 19.2. The van der Waals surface area contributed by atoms with E-state index in [0.717, 1.165) is 28.7 Å². The molecule has 0 aliphatic heterocycles. The predicted octanol–water partition coefficient (Wildman–Crippen LogP) is 2.51. The molecule has 2 aromatic heterocycles. The van der Waals surface area contributed by atoms with Gasteiger partial charge in [-0.05, 0) is 17.7 Å². The molecule has 3 N–H and O–H groups in total. The Labute approximate surface area is 156 Å². The van der Waals surface area contributed by atoms with Gasteiger partial charge in [-0.1, -0.05) is 18.2 Å². The van der Waals surface area contributed by atoms with E-state index in [0.29, 0.717) is 0 Å². The average molecular weight is 392 g/mol. The Hall–Kier alpha value is -3.56. The number of hydrogen-bond donors (Lipinski definition) is 3. The SMILES string of the molecule is O=C(Cc1c[nH]c2ccccc12)NNC(=O)c1ccc(OCC(F)(F)F)nc1. The van der Waals surface area contributed by atoms with Gasteiger partial charge in [-0.15, -0.1) is 0 Å². The highest BCUT2D eigenvalue weighted by molar-refractivity contribution is 5.95. The topological polar surface area (TPSA) is 96.1 Å². The molecule has 3 rings (SSSR count). The number of pyridine rings is 1. The lowest BCUT2D eigenvalue weighted by atomic mass is 10.1. The number of para-hydroxylation sites is 1. The third-order valence-corrected chi connectivity index (χ3v) is 3.72. The number of amides is 2. The van der Waals surface area contributed by atoms with Gasteiger partial charge in [-0.25, -0.2) is 4.98 Å². The lowest BCUT2D eigenvalue weighted by molar-refractivity contribution is -0.154. The number of nitrogens with one attached hydrogen (secondary N) is 3. The molecular weight excluding hydrogens is 377 g/mol. The normalized spacial score (nSPS) is 11.2. The minimum absolute atomic E-state index is 0.0479. The lowest BCUT2D eigenvalue weighted by Gasteiger charge is -2.09. The smallest absolute Gasteiger partial charge is 0.422 e. The third kappa shape index (κ3) is 5.00. The summed E-state index contributed by atoms with van der Waals surface area (Å²) in [7, 11) is 0. The summed E-state index contributed by atoms with van der Waals surface area (Å²) in [4.78, 5) is 30.7. The minimum Gasteiger partial charge on any atom is -0.468 e. The molecule has 0 saturated heterocycles. The van der Waals surface area contributed by atoms with Crippen molar-refractivity contribution in [3.63, 3.8) is 0 Å². The number of nitrogens with zero attached hydrogens (tertiary/aromatic N) is 1. The number of hydrogen-bond acceptors (Lipinski definition) is 4. The number of carbonyl (C=O) groups is 2. The maximum Gasteiger partial charge on any atom is 0.422 e. The first-order valence-electron chi connectivity index (χ1n) is 8.11. The van der Waals surface area contributed by atoms with Gasteiger partial charge in [-0.2, -0.15) is 13.2 Å². The van der Waals surface area contributed by atoms with Crippen molar-refractivity contribution in [3.8, 4) is 5.88 Å². The maximum absolute atomic E-state index is 12.1. The molecule has 28 heavy (non-hydrogen) atoms. The number of ether oxygens (including phenoxy) is 1. The summed E-state index contributed by atoms with van der Waals surface area (Å²) in [6, 6.07) is 9.85. The van der Waals surface area contributed by atoms with Crippen molar-refractivity contribution in [3.05, 3.63) is 59.9 Å². The molecule has 0 radical (unpaired) electrons. The fourth-order valence-electron chi connectivity index (χ4n) is 2.45. The van der Waals surface area contributed by atoms with Crippen molar-refractivity contribution in [2.75, 3.05) is 6.61 Å². The van der Waals surface area contributed by atoms with Crippen LogP contribution < -0.4 is 15.6 Å². The van der Waals surface area contributed by atoms with Gasteiger partial charge in [0, 0.05) is 29.4 Å². The summed E-state index contributed by atoms with van der Waals surface area (Å²) < 4.78 is 40.7. The molecule has 0 unspecified atom stereocenters. The number of rotatable bonds is 5. The van der Waals surface area contributed by atoms with E-state index in [1.54, 1.807) is 6.20 Å². The molecule has 0 fully saturated rings. The van der Waals surface area contributed by atoms with Crippen molar-refractivity contribution in [2.45, 2.75) is 12.6 Å². The largest absolute Gasteiger partial charge is 0.468 e. The summed E-state index contributed by atoms with van der Waals surface area (Å²) in [5.74, 6) is -1.37. The van der Waals surface area contributed by atoms with E-state index in [2.05, 4.69) is 25.6 Å². The first-order valence-corrected chi connectivity index (χ1v) is 8.11. The number of aromatic nitrogens is 2. The molecule has 0 aliphatic rings. The second-order valence-electron chi connectivity index (χ2n) is 5.83. The lowest BCUT2D eigenvalue weighted by Crippen LogP contribution is -2.42. The van der Waals surface area contributed by atoms with Crippen LogP contribution in [0.2, 0.25) is 0 Å². The zero-order valence-corrected chi connectivity index (χ0v) is 14.3. The summed E-state index contributed by atoms with van der Waals surface area (Å²) in [6.07, 6.45) is -1.66. The predicted molar refractivity (Wildman–Crippen MR) is 93.4 cm³/mol. The molecule has 2 heterocycles. The molecule has 0 atom stereocenters. The van der Waals surface area contributed by atoms with Gasteiger partial charge >= 0.3 is 6.18 Å². The van der Waals surface area contributed by atoms with Crippen molar-refractivity contribution in [2.24, 2.45) is 0 Å². The molecule has 0 spiro atoms. The number of aromatic amines is 1. The van der Waals surface area contributed by atoms with E-state index in [-0.39, 0.29) is 17.9 Å². The van der Waals surface area contributed by atoms with Crippen LogP contribution in [-0.4, -0.2) is 34.6 Å². The van der Waals surface area contributed by atoms with E-state index in [9.17, 15) is 22.8 Å².